The molecule has 0 radical (unpaired) electrons. The predicted octanol–water partition coefficient (Wildman–Crippen LogP) is 1.41. The van der Waals surface area contributed by atoms with Crippen LogP contribution in [0.4, 0.5) is 5.69 Å². The Bertz CT molecular complexity index is 511. The molecule has 0 saturated heterocycles. The Kier molecular flexibility index (Phi) is 2.82. The van der Waals surface area contributed by atoms with Crippen molar-refractivity contribution in [1.82, 2.24) is 20.6 Å². The van der Waals surface area contributed by atoms with Gasteiger partial charge in [-0.1, -0.05) is 17.7 Å². The van der Waals surface area contributed by atoms with Gasteiger partial charge in [0.15, 0.2) is 0 Å². The van der Waals surface area contributed by atoms with Crippen molar-refractivity contribution in [3.8, 4) is 0 Å². The maximum absolute atomic E-state index is 11.6. The van der Waals surface area contributed by atoms with Crippen molar-refractivity contribution in [2.75, 3.05) is 5.32 Å². The molecule has 0 aliphatic rings. The Morgan fingerprint density at radius 2 is 2.31 bits per heavy atom. The summed E-state index contributed by atoms with van der Waals surface area (Å²) in [5.74, 6) is -0.446. The molecule has 0 saturated carbocycles. The van der Waals surface area contributed by atoms with E-state index >= 15 is 0 Å². The second-order valence-electron chi connectivity index (χ2n) is 3.15. The monoisotopic (exact) mass is 237 g/mol. The topological polar surface area (TPSA) is 83.6 Å². The van der Waals surface area contributed by atoms with Gasteiger partial charge in [-0.2, -0.15) is 5.21 Å². The van der Waals surface area contributed by atoms with Gasteiger partial charge in [0.05, 0.1) is 0 Å². The molecule has 7 heteroatoms. The molecule has 6 nitrogen and oxygen atoms in total. The number of nitrogens with one attached hydrogen (secondary N) is 2. The van der Waals surface area contributed by atoms with Crippen LogP contribution in [-0.4, -0.2) is 26.5 Å². The maximum Gasteiger partial charge on any atom is 0.297 e. The highest BCUT2D eigenvalue weighted by Crippen LogP contribution is 2.20. The zero-order chi connectivity index (χ0) is 11.5. The molecule has 0 spiro atoms. The largest absolute Gasteiger partial charge is 0.319 e. The molecule has 0 bridgehead atoms. The van der Waals surface area contributed by atoms with Gasteiger partial charge in [0.1, 0.15) is 0 Å². The first-order chi connectivity index (χ1) is 7.66. The number of hydrogen-bond donors (Lipinski definition) is 2. The van der Waals surface area contributed by atoms with Crippen LogP contribution < -0.4 is 5.32 Å². The zero-order valence-electron chi connectivity index (χ0n) is 8.36. The molecule has 0 aliphatic carbocycles. The van der Waals surface area contributed by atoms with Crippen molar-refractivity contribution in [2.45, 2.75) is 6.92 Å². The Balaban J connectivity index is 2.21. The summed E-state index contributed by atoms with van der Waals surface area (Å²) in [6.45, 7) is 1.86. The van der Waals surface area contributed by atoms with Crippen molar-refractivity contribution in [3.05, 3.63) is 34.6 Å². The fraction of sp³-hybridized carbons (Fsp3) is 0.111. The first kappa shape index (κ1) is 10.6. The number of carbonyl (C=O) groups excluding carboxylic acids is 1. The van der Waals surface area contributed by atoms with Gasteiger partial charge in [0, 0.05) is 10.7 Å². The SMILES string of the molecule is Cc1ccc(Cl)cc1NC(=O)c1nn[nH]n1. The highest BCUT2D eigenvalue weighted by atomic mass is 35.5. The molecule has 2 rings (SSSR count). The van der Waals surface area contributed by atoms with Crippen molar-refractivity contribution >= 4 is 23.2 Å². The van der Waals surface area contributed by atoms with Crippen LogP contribution in [0.2, 0.25) is 5.02 Å². The molecule has 0 aliphatic heterocycles. The number of halogens is 1. The summed E-state index contributed by atoms with van der Waals surface area (Å²) in [7, 11) is 0. The molecule has 82 valence electrons. The van der Waals surface area contributed by atoms with Gasteiger partial charge < -0.3 is 5.32 Å². The molecule has 2 aromatic rings. The van der Waals surface area contributed by atoms with E-state index in [0.717, 1.165) is 5.56 Å². The third-order valence-electron chi connectivity index (χ3n) is 2.00. The summed E-state index contributed by atoms with van der Waals surface area (Å²) in [5.41, 5.74) is 1.53. The Hall–Kier alpha value is -1.95. The Morgan fingerprint density at radius 3 is 3.00 bits per heavy atom. The molecular formula is C9H8ClN5O. The number of aromatic nitrogens is 4. The summed E-state index contributed by atoms with van der Waals surface area (Å²) in [6.07, 6.45) is 0. The molecule has 0 atom stereocenters. The number of H-pyrrole nitrogens is 1. The van der Waals surface area contributed by atoms with Gasteiger partial charge >= 0.3 is 0 Å². The lowest BCUT2D eigenvalue weighted by Crippen LogP contribution is -2.14. The van der Waals surface area contributed by atoms with E-state index in [1.807, 2.05) is 13.0 Å². The number of amides is 1. The van der Waals surface area contributed by atoms with Gasteiger partial charge in [-0.25, -0.2) is 0 Å². The van der Waals surface area contributed by atoms with Crippen molar-refractivity contribution in [3.63, 3.8) is 0 Å². The molecule has 0 unspecified atom stereocenters. The van der Waals surface area contributed by atoms with E-state index in [2.05, 4.69) is 25.9 Å². The Labute approximate surface area is 96.0 Å². The molecular weight excluding hydrogens is 230 g/mol. The molecule has 2 N–H and O–H groups in total. The van der Waals surface area contributed by atoms with E-state index in [-0.39, 0.29) is 5.82 Å². The maximum atomic E-state index is 11.6. The fourth-order valence-electron chi connectivity index (χ4n) is 1.17. The van der Waals surface area contributed by atoms with E-state index in [4.69, 9.17) is 11.6 Å². The van der Waals surface area contributed by atoms with Gasteiger partial charge in [-0.05, 0) is 29.8 Å². The van der Waals surface area contributed by atoms with E-state index in [9.17, 15) is 4.79 Å². The summed E-state index contributed by atoms with van der Waals surface area (Å²) < 4.78 is 0. The van der Waals surface area contributed by atoms with Crippen LogP contribution >= 0.6 is 11.6 Å². The second kappa shape index (κ2) is 4.28. The van der Waals surface area contributed by atoms with Crippen LogP contribution in [0.25, 0.3) is 0 Å². The van der Waals surface area contributed by atoms with Crippen LogP contribution in [-0.2, 0) is 0 Å². The zero-order valence-corrected chi connectivity index (χ0v) is 9.12. The third kappa shape index (κ3) is 2.17. The summed E-state index contributed by atoms with van der Waals surface area (Å²) >= 11 is 5.82. The van der Waals surface area contributed by atoms with Crippen molar-refractivity contribution < 1.29 is 4.79 Å². The number of benzene rings is 1. The van der Waals surface area contributed by atoms with Crippen LogP contribution in [0.15, 0.2) is 18.2 Å². The normalized spacial score (nSPS) is 10.1. The average Bonchev–Trinajstić information content (AvgIpc) is 2.76. The summed E-state index contributed by atoms with van der Waals surface area (Å²) in [4.78, 5) is 11.6. The van der Waals surface area contributed by atoms with Gasteiger partial charge in [-0.15, -0.1) is 10.2 Å². The second-order valence-corrected chi connectivity index (χ2v) is 3.59. The quantitative estimate of drug-likeness (QED) is 0.827. The van der Waals surface area contributed by atoms with Gasteiger partial charge in [0.2, 0.25) is 0 Å². The molecule has 1 amide bonds. The molecule has 1 aromatic heterocycles. The number of tetrazole rings is 1. The van der Waals surface area contributed by atoms with Crippen molar-refractivity contribution in [1.29, 1.82) is 0 Å². The smallest absolute Gasteiger partial charge is 0.297 e. The highest BCUT2D eigenvalue weighted by molar-refractivity contribution is 6.31. The van der Waals surface area contributed by atoms with Crippen LogP contribution in [0.5, 0.6) is 0 Å². The number of rotatable bonds is 2. The number of aromatic amines is 1. The minimum Gasteiger partial charge on any atom is -0.319 e. The van der Waals surface area contributed by atoms with Gasteiger partial charge in [-0.3, -0.25) is 4.79 Å². The molecule has 0 fully saturated rings. The van der Waals surface area contributed by atoms with E-state index in [1.165, 1.54) is 0 Å². The Morgan fingerprint density at radius 1 is 1.50 bits per heavy atom. The number of aryl methyl sites for hydroxylation is 1. The first-order valence-electron chi connectivity index (χ1n) is 4.48. The van der Waals surface area contributed by atoms with Gasteiger partial charge in [0.25, 0.3) is 11.7 Å². The van der Waals surface area contributed by atoms with Crippen LogP contribution in [0, 0.1) is 6.92 Å². The first-order valence-corrected chi connectivity index (χ1v) is 4.85. The van der Waals surface area contributed by atoms with Crippen molar-refractivity contribution in [2.24, 2.45) is 0 Å². The lowest BCUT2D eigenvalue weighted by Gasteiger charge is -2.06. The fourth-order valence-corrected chi connectivity index (χ4v) is 1.34. The number of carbonyl (C=O) groups is 1. The third-order valence-corrected chi connectivity index (χ3v) is 2.23. The van der Waals surface area contributed by atoms with Crippen LogP contribution in [0.1, 0.15) is 16.2 Å². The molecule has 16 heavy (non-hydrogen) atoms. The minimum atomic E-state index is -0.431. The molecule has 1 heterocycles. The summed E-state index contributed by atoms with van der Waals surface area (Å²) in [6, 6.07) is 5.23. The summed E-state index contributed by atoms with van der Waals surface area (Å²) in [5, 5.41) is 15.8. The standard InChI is InChI=1S/C9H8ClN5O/c1-5-2-3-6(10)4-7(5)11-9(16)8-12-14-15-13-8/h2-4H,1H3,(H,11,16)(H,12,13,14,15). The van der Waals surface area contributed by atoms with E-state index < -0.39 is 5.91 Å². The minimum absolute atomic E-state index is 0.0145. The lowest BCUT2D eigenvalue weighted by molar-refractivity contribution is 0.101. The highest BCUT2D eigenvalue weighted by Gasteiger charge is 2.11. The number of anilines is 1. The average molecular weight is 238 g/mol. The van der Waals surface area contributed by atoms with E-state index in [1.54, 1.807) is 12.1 Å². The lowest BCUT2D eigenvalue weighted by atomic mass is 10.2. The van der Waals surface area contributed by atoms with E-state index in [0.29, 0.717) is 10.7 Å². The number of hydrogen-bond acceptors (Lipinski definition) is 4. The number of nitrogens with zero attached hydrogens (tertiary/aromatic N) is 3. The van der Waals surface area contributed by atoms with Crippen LogP contribution in [0.3, 0.4) is 0 Å². The predicted molar refractivity (Wildman–Crippen MR) is 58.3 cm³/mol. The molecule has 1 aromatic carbocycles.